The van der Waals surface area contributed by atoms with Crippen LogP contribution in [0.2, 0.25) is 0 Å². The van der Waals surface area contributed by atoms with Crippen molar-refractivity contribution in [3.8, 4) is 0 Å². The van der Waals surface area contributed by atoms with Crippen LogP contribution in [0, 0.1) is 5.92 Å². The zero-order chi connectivity index (χ0) is 8.55. The molecule has 2 fully saturated rings. The molecule has 0 aromatic rings. The number of nitrogens with zero attached hydrogens (tertiary/aromatic N) is 1. The Hall–Kier alpha value is -0.770. The van der Waals surface area contributed by atoms with Crippen LogP contribution in [-0.4, -0.2) is 23.6 Å². The molecule has 12 heavy (non-hydrogen) atoms. The fraction of sp³-hybridized carbons (Fsp3) is 0.875. The summed E-state index contributed by atoms with van der Waals surface area (Å²) in [5, 5.41) is 4.23. The van der Waals surface area contributed by atoms with Gasteiger partial charge in [-0.25, -0.2) is 10.6 Å². The van der Waals surface area contributed by atoms with Gasteiger partial charge in [0.1, 0.15) is 0 Å². The summed E-state index contributed by atoms with van der Waals surface area (Å²) in [5.74, 6) is 6.09. The van der Waals surface area contributed by atoms with Crippen LogP contribution in [0.5, 0.6) is 0 Å². The van der Waals surface area contributed by atoms with E-state index < -0.39 is 0 Å². The number of hydrazine groups is 1. The first-order valence-electron chi connectivity index (χ1n) is 4.60. The van der Waals surface area contributed by atoms with Gasteiger partial charge in [0.2, 0.25) is 0 Å². The van der Waals surface area contributed by atoms with E-state index >= 15 is 0 Å². The first kappa shape index (κ1) is 7.86. The molecule has 1 saturated heterocycles. The maximum absolute atomic E-state index is 11.1. The molecule has 0 aromatic carbocycles. The molecule has 2 atom stereocenters. The van der Waals surface area contributed by atoms with Crippen molar-refractivity contribution >= 4 is 6.03 Å². The lowest BCUT2D eigenvalue weighted by Gasteiger charge is -2.39. The van der Waals surface area contributed by atoms with E-state index in [1.165, 1.54) is 24.3 Å². The molecule has 68 valence electrons. The normalized spacial score (nSPS) is 35.8. The van der Waals surface area contributed by atoms with Gasteiger partial charge in [-0.1, -0.05) is 12.8 Å². The highest BCUT2D eigenvalue weighted by atomic mass is 16.2. The van der Waals surface area contributed by atoms with Crippen molar-refractivity contribution in [3.63, 3.8) is 0 Å². The maximum atomic E-state index is 11.1. The molecule has 0 aromatic heterocycles. The summed E-state index contributed by atoms with van der Waals surface area (Å²) in [5.41, 5.74) is 0. The van der Waals surface area contributed by atoms with Crippen molar-refractivity contribution in [3.05, 3.63) is 0 Å². The van der Waals surface area contributed by atoms with Crippen LogP contribution < -0.4 is 11.2 Å². The maximum Gasteiger partial charge on any atom is 0.331 e. The molecule has 1 saturated carbocycles. The quantitative estimate of drug-likeness (QED) is 0.408. The van der Waals surface area contributed by atoms with E-state index in [-0.39, 0.29) is 6.03 Å². The average Bonchev–Trinajstić information content (AvgIpc) is 2.07. The number of carbonyl (C=O) groups is 1. The van der Waals surface area contributed by atoms with E-state index in [2.05, 4.69) is 5.32 Å². The highest BCUT2D eigenvalue weighted by Crippen LogP contribution is 2.26. The smallest absolute Gasteiger partial charge is 0.331 e. The molecular formula is C8H15N3O. The molecular weight excluding hydrogens is 154 g/mol. The molecule has 4 heteroatoms. The number of hydrogen-bond acceptors (Lipinski definition) is 2. The summed E-state index contributed by atoms with van der Waals surface area (Å²) in [4.78, 5) is 11.1. The van der Waals surface area contributed by atoms with E-state index in [1.807, 2.05) is 0 Å². The summed E-state index contributed by atoms with van der Waals surface area (Å²) in [6.07, 6.45) is 4.86. The minimum Gasteiger partial charge on any atom is -0.334 e. The fourth-order valence-corrected chi connectivity index (χ4v) is 2.19. The van der Waals surface area contributed by atoms with Crippen molar-refractivity contribution < 1.29 is 4.79 Å². The molecule has 2 aliphatic rings. The zero-order valence-corrected chi connectivity index (χ0v) is 7.12. The number of hydrogen-bond donors (Lipinski definition) is 2. The van der Waals surface area contributed by atoms with Crippen molar-refractivity contribution in [2.45, 2.75) is 31.7 Å². The Morgan fingerprint density at radius 1 is 1.42 bits per heavy atom. The first-order chi connectivity index (χ1) is 5.77. The number of rotatable bonds is 0. The highest BCUT2D eigenvalue weighted by molar-refractivity contribution is 5.74. The van der Waals surface area contributed by atoms with Gasteiger partial charge in [-0.2, -0.15) is 0 Å². The van der Waals surface area contributed by atoms with E-state index in [0.717, 1.165) is 13.0 Å². The van der Waals surface area contributed by atoms with E-state index in [0.29, 0.717) is 12.0 Å². The van der Waals surface area contributed by atoms with Crippen LogP contribution in [0.25, 0.3) is 0 Å². The molecule has 2 unspecified atom stereocenters. The lowest BCUT2D eigenvalue weighted by Crippen LogP contribution is -2.59. The standard InChI is InChI=1S/C8H15N3O/c9-11-5-6-3-1-2-4-7(6)10-8(11)12/h6-7H,1-5,9H2,(H,10,12). The van der Waals surface area contributed by atoms with Crippen molar-refractivity contribution in [2.24, 2.45) is 11.8 Å². The van der Waals surface area contributed by atoms with Crippen LogP contribution >= 0.6 is 0 Å². The molecule has 1 heterocycles. The second-order valence-electron chi connectivity index (χ2n) is 3.75. The Morgan fingerprint density at radius 3 is 3.00 bits per heavy atom. The number of nitrogens with two attached hydrogens (primary N) is 1. The summed E-state index contributed by atoms with van der Waals surface area (Å²) in [7, 11) is 0. The second kappa shape index (κ2) is 2.94. The SMILES string of the molecule is NN1CC2CCCCC2NC1=O. The third kappa shape index (κ3) is 1.27. The minimum absolute atomic E-state index is 0.113. The number of nitrogens with one attached hydrogen (secondary N) is 1. The van der Waals surface area contributed by atoms with Crippen molar-refractivity contribution in [1.82, 2.24) is 10.3 Å². The van der Waals surface area contributed by atoms with Crippen LogP contribution in [0.15, 0.2) is 0 Å². The molecule has 0 bridgehead atoms. The largest absolute Gasteiger partial charge is 0.334 e. The monoisotopic (exact) mass is 169 g/mol. The molecule has 0 radical (unpaired) electrons. The predicted octanol–water partition coefficient (Wildman–Crippen LogP) is 0.444. The van der Waals surface area contributed by atoms with Gasteiger partial charge in [0.05, 0.1) is 0 Å². The second-order valence-corrected chi connectivity index (χ2v) is 3.75. The molecule has 2 amide bonds. The fourth-order valence-electron chi connectivity index (χ4n) is 2.19. The van der Waals surface area contributed by atoms with Crippen molar-refractivity contribution in [1.29, 1.82) is 0 Å². The predicted molar refractivity (Wildman–Crippen MR) is 45.2 cm³/mol. The van der Waals surface area contributed by atoms with E-state index in [1.54, 1.807) is 0 Å². The summed E-state index contributed by atoms with van der Waals surface area (Å²) >= 11 is 0. The van der Waals surface area contributed by atoms with Gasteiger partial charge in [0.25, 0.3) is 0 Å². The van der Waals surface area contributed by atoms with Crippen LogP contribution in [0.4, 0.5) is 4.79 Å². The Balaban J connectivity index is 2.02. The molecule has 1 aliphatic heterocycles. The van der Waals surface area contributed by atoms with Gasteiger partial charge in [-0.15, -0.1) is 0 Å². The zero-order valence-electron chi connectivity index (χ0n) is 7.12. The average molecular weight is 169 g/mol. The number of carbonyl (C=O) groups excluding carboxylic acids is 1. The van der Waals surface area contributed by atoms with Crippen LogP contribution in [0.1, 0.15) is 25.7 Å². The Bertz CT molecular complexity index is 195. The molecule has 0 spiro atoms. The number of fused-ring (bicyclic) bond motifs is 1. The minimum atomic E-state index is -0.113. The van der Waals surface area contributed by atoms with Crippen LogP contribution in [-0.2, 0) is 0 Å². The Morgan fingerprint density at radius 2 is 2.17 bits per heavy atom. The first-order valence-corrected chi connectivity index (χ1v) is 4.60. The van der Waals surface area contributed by atoms with Gasteiger partial charge < -0.3 is 5.32 Å². The molecule has 2 rings (SSSR count). The lowest BCUT2D eigenvalue weighted by molar-refractivity contribution is 0.127. The summed E-state index contributed by atoms with van der Waals surface area (Å²) in [6, 6.07) is 0.282. The number of amides is 2. The van der Waals surface area contributed by atoms with Gasteiger partial charge in [-0.3, -0.25) is 5.01 Å². The summed E-state index contributed by atoms with van der Waals surface area (Å²) in [6.45, 7) is 0.733. The third-order valence-corrected chi connectivity index (χ3v) is 2.91. The van der Waals surface area contributed by atoms with Gasteiger partial charge >= 0.3 is 6.03 Å². The van der Waals surface area contributed by atoms with Gasteiger partial charge in [0, 0.05) is 12.6 Å². The van der Waals surface area contributed by atoms with E-state index in [4.69, 9.17) is 5.84 Å². The Labute approximate surface area is 72.1 Å². The third-order valence-electron chi connectivity index (χ3n) is 2.91. The lowest BCUT2D eigenvalue weighted by atomic mass is 9.83. The van der Waals surface area contributed by atoms with E-state index in [9.17, 15) is 4.79 Å². The molecule has 4 nitrogen and oxygen atoms in total. The number of urea groups is 1. The van der Waals surface area contributed by atoms with Gasteiger partial charge in [-0.05, 0) is 18.8 Å². The van der Waals surface area contributed by atoms with Gasteiger partial charge in [0.15, 0.2) is 0 Å². The highest BCUT2D eigenvalue weighted by Gasteiger charge is 2.33. The molecule has 1 aliphatic carbocycles. The molecule has 3 N–H and O–H groups in total. The Kier molecular flexibility index (Phi) is 1.92. The van der Waals surface area contributed by atoms with Crippen molar-refractivity contribution in [2.75, 3.05) is 6.54 Å². The topological polar surface area (TPSA) is 58.4 Å². The summed E-state index contributed by atoms with van der Waals surface area (Å²) < 4.78 is 0. The van der Waals surface area contributed by atoms with Crippen LogP contribution in [0.3, 0.4) is 0 Å².